The minimum atomic E-state index is 0.610. The fourth-order valence-electron chi connectivity index (χ4n) is 2.22. The summed E-state index contributed by atoms with van der Waals surface area (Å²) in [6, 6.07) is 10.0. The molecule has 0 saturated carbocycles. The molecule has 0 radical (unpaired) electrons. The molecule has 1 N–H and O–H groups in total. The normalized spacial score (nSPS) is 27.8. The largest absolute Gasteiger partial charge is 0.311 e. The maximum Gasteiger partial charge on any atom is 0.00818 e. The lowest BCUT2D eigenvalue weighted by Gasteiger charge is -2.14. The van der Waals surface area contributed by atoms with Gasteiger partial charge >= 0.3 is 0 Å². The van der Waals surface area contributed by atoms with Crippen LogP contribution in [0.1, 0.15) is 25.0 Å². The topological polar surface area (TPSA) is 12.0 Å². The Morgan fingerprint density at radius 3 is 1.92 bits per heavy atom. The van der Waals surface area contributed by atoms with Crippen molar-refractivity contribution in [2.75, 3.05) is 0 Å². The molecule has 1 aliphatic heterocycles. The van der Waals surface area contributed by atoms with Gasteiger partial charge in [0.15, 0.2) is 0 Å². The summed E-state index contributed by atoms with van der Waals surface area (Å²) < 4.78 is 0. The summed E-state index contributed by atoms with van der Waals surface area (Å²) in [4.78, 5) is 0. The summed E-state index contributed by atoms with van der Waals surface area (Å²) in [5, 5.41) is 3.59. The first-order valence-electron chi connectivity index (χ1n) is 5.08. The molecule has 2 unspecified atom stereocenters. The smallest absolute Gasteiger partial charge is 0.00818 e. The Bertz CT molecular complexity index is 264. The second-order valence-corrected chi connectivity index (χ2v) is 4.15. The van der Waals surface area contributed by atoms with E-state index in [2.05, 4.69) is 43.4 Å². The highest BCUT2D eigenvalue weighted by Gasteiger charge is 2.16. The van der Waals surface area contributed by atoms with Crippen LogP contribution < -0.4 is 5.32 Å². The summed E-state index contributed by atoms with van der Waals surface area (Å²) in [7, 11) is 0. The number of hydrogen-bond donors (Lipinski definition) is 1. The Labute approximate surface area is 80.2 Å². The van der Waals surface area contributed by atoms with Crippen molar-refractivity contribution in [3.05, 3.63) is 35.4 Å². The second-order valence-electron chi connectivity index (χ2n) is 4.15. The van der Waals surface area contributed by atoms with E-state index in [1.165, 1.54) is 24.0 Å². The maximum atomic E-state index is 3.59. The van der Waals surface area contributed by atoms with Gasteiger partial charge in [0.25, 0.3) is 0 Å². The summed E-state index contributed by atoms with van der Waals surface area (Å²) in [5.41, 5.74) is 3.04. The van der Waals surface area contributed by atoms with Crippen LogP contribution in [-0.4, -0.2) is 12.1 Å². The quantitative estimate of drug-likeness (QED) is 0.637. The number of fused-ring (bicyclic) bond motifs is 1. The van der Waals surface area contributed by atoms with Crippen molar-refractivity contribution in [3.63, 3.8) is 0 Å². The van der Waals surface area contributed by atoms with E-state index in [0.717, 1.165) is 0 Å². The van der Waals surface area contributed by atoms with Crippen molar-refractivity contribution in [1.29, 1.82) is 0 Å². The zero-order chi connectivity index (χ0) is 9.26. The number of rotatable bonds is 0. The van der Waals surface area contributed by atoms with Crippen molar-refractivity contribution in [3.8, 4) is 0 Å². The lowest BCUT2D eigenvalue weighted by atomic mass is 10.00. The Kier molecular flexibility index (Phi) is 2.36. The number of hydrogen-bond acceptors (Lipinski definition) is 1. The predicted molar refractivity (Wildman–Crippen MR) is 55.9 cm³/mol. The van der Waals surface area contributed by atoms with E-state index in [-0.39, 0.29) is 0 Å². The van der Waals surface area contributed by atoms with E-state index in [4.69, 9.17) is 0 Å². The van der Waals surface area contributed by atoms with E-state index >= 15 is 0 Å². The molecule has 1 aromatic rings. The molecule has 0 fully saturated rings. The predicted octanol–water partition coefficient (Wildman–Crippen LogP) is 2.15. The fourth-order valence-corrected chi connectivity index (χ4v) is 2.22. The van der Waals surface area contributed by atoms with Crippen LogP contribution in [-0.2, 0) is 12.8 Å². The van der Waals surface area contributed by atoms with Gasteiger partial charge < -0.3 is 5.32 Å². The molecule has 70 valence electrons. The lowest BCUT2D eigenvalue weighted by molar-refractivity contribution is 0.480. The van der Waals surface area contributed by atoms with E-state index in [1.54, 1.807) is 0 Å². The van der Waals surface area contributed by atoms with Crippen LogP contribution in [0.4, 0.5) is 0 Å². The van der Waals surface area contributed by atoms with Gasteiger partial charge in [0, 0.05) is 12.1 Å². The van der Waals surface area contributed by atoms with Crippen molar-refractivity contribution in [2.24, 2.45) is 0 Å². The third-order valence-electron chi connectivity index (χ3n) is 2.74. The van der Waals surface area contributed by atoms with Gasteiger partial charge in [0.05, 0.1) is 0 Å². The highest BCUT2D eigenvalue weighted by Crippen LogP contribution is 2.16. The van der Waals surface area contributed by atoms with Crippen molar-refractivity contribution in [2.45, 2.75) is 38.8 Å². The van der Waals surface area contributed by atoms with Gasteiger partial charge in [-0.15, -0.1) is 0 Å². The molecule has 2 atom stereocenters. The molecule has 0 saturated heterocycles. The molecule has 1 nitrogen and oxygen atoms in total. The molecular formula is C12H17N. The van der Waals surface area contributed by atoms with Gasteiger partial charge in [0.2, 0.25) is 0 Å². The Morgan fingerprint density at radius 1 is 1.00 bits per heavy atom. The molecule has 0 amide bonds. The molecule has 1 heteroatoms. The Balaban J connectivity index is 2.32. The van der Waals surface area contributed by atoms with Crippen molar-refractivity contribution >= 4 is 0 Å². The minimum Gasteiger partial charge on any atom is -0.311 e. The SMILES string of the molecule is CC1Cc2ccccc2CC(C)N1. The Morgan fingerprint density at radius 2 is 1.46 bits per heavy atom. The standard InChI is InChI=1S/C12H17N/c1-9-7-11-5-3-4-6-12(11)8-10(2)13-9/h3-6,9-10,13H,7-8H2,1-2H3. The highest BCUT2D eigenvalue weighted by molar-refractivity contribution is 5.29. The van der Waals surface area contributed by atoms with E-state index in [9.17, 15) is 0 Å². The monoisotopic (exact) mass is 175 g/mol. The van der Waals surface area contributed by atoms with Crippen LogP contribution >= 0.6 is 0 Å². The van der Waals surface area contributed by atoms with Gasteiger partial charge in [0.1, 0.15) is 0 Å². The molecule has 0 spiro atoms. The first kappa shape index (κ1) is 8.76. The molecule has 1 aliphatic rings. The van der Waals surface area contributed by atoms with Crippen LogP contribution in [0.5, 0.6) is 0 Å². The van der Waals surface area contributed by atoms with Gasteiger partial charge in [-0.1, -0.05) is 24.3 Å². The minimum absolute atomic E-state index is 0.610. The van der Waals surface area contributed by atoms with Crippen LogP contribution in [0.15, 0.2) is 24.3 Å². The molecule has 0 bridgehead atoms. The third kappa shape index (κ3) is 1.92. The summed E-state index contributed by atoms with van der Waals surface area (Å²) in [6.07, 6.45) is 2.33. The zero-order valence-corrected chi connectivity index (χ0v) is 8.38. The van der Waals surface area contributed by atoms with E-state index in [0.29, 0.717) is 12.1 Å². The van der Waals surface area contributed by atoms with Crippen LogP contribution in [0, 0.1) is 0 Å². The summed E-state index contributed by atoms with van der Waals surface area (Å²) in [5.74, 6) is 0. The summed E-state index contributed by atoms with van der Waals surface area (Å²) in [6.45, 7) is 4.53. The number of benzene rings is 1. The Hall–Kier alpha value is -0.820. The average Bonchev–Trinajstić information content (AvgIpc) is 2.20. The van der Waals surface area contributed by atoms with Gasteiger partial charge in [-0.2, -0.15) is 0 Å². The maximum absolute atomic E-state index is 3.59. The van der Waals surface area contributed by atoms with Gasteiger partial charge in [-0.05, 0) is 37.8 Å². The van der Waals surface area contributed by atoms with E-state index in [1.807, 2.05) is 0 Å². The molecule has 0 aliphatic carbocycles. The van der Waals surface area contributed by atoms with Gasteiger partial charge in [-0.3, -0.25) is 0 Å². The molecular weight excluding hydrogens is 158 g/mol. The van der Waals surface area contributed by atoms with Crippen LogP contribution in [0.25, 0.3) is 0 Å². The first-order chi connectivity index (χ1) is 6.25. The molecule has 0 aromatic heterocycles. The fraction of sp³-hybridized carbons (Fsp3) is 0.500. The lowest BCUT2D eigenvalue weighted by Crippen LogP contribution is -2.34. The molecule has 1 heterocycles. The molecule has 2 rings (SSSR count). The number of nitrogens with one attached hydrogen (secondary N) is 1. The first-order valence-corrected chi connectivity index (χ1v) is 5.08. The van der Waals surface area contributed by atoms with Crippen molar-refractivity contribution < 1.29 is 0 Å². The average molecular weight is 175 g/mol. The van der Waals surface area contributed by atoms with E-state index < -0.39 is 0 Å². The van der Waals surface area contributed by atoms with Crippen LogP contribution in [0.3, 0.4) is 0 Å². The molecule has 1 aromatic carbocycles. The van der Waals surface area contributed by atoms with Gasteiger partial charge in [-0.25, -0.2) is 0 Å². The molecule has 13 heavy (non-hydrogen) atoms. The zero-order valence-electron chi connectivity index (χ0n) is 8.38. The van der Waals surface area contributed by atoms with Crippen LogP contribution in [0.2, 0.25) is 0 Å². The second kappa shape index (κ2) is 3.51. The highest BCUT2D eigenvalue weighted by atomic mass is 14.9. The summed E-state index contributed by atoms with van der Waals surface area (Å²) >= 11 is 0. The third-order valence-corrected chi connectivity index (χ3v) is 2.74. The van der Waals surface area contributed by atoms with Crippen molar-refractivity contribution in [1.82, 2.24) is 5.32 Å².